The first kappa shape index (κ1) is 23.0. The quantitative estimate of drug-likeness (QED) is 0.688. The Balaban J connectivity index is 0.00000280. The molecule has 2 aliphatic rings. The van der Waals surface area contributed by atoms with E-state index in [1.54, 1.807) is 11.8 Å². The number of hydrogen-bond acceptors (Lipinski definition) is 4. The number of likely N-dealkylation sites (tertiary alicyclic amines) is 1. The number of rotatable bonds is 6. The number of amides is 2. The summed E-state index contributed by atoms with van der Waals surface area (Å²) in [5.74, 6) is 1.16. The molecular weight excluding hydrogens is 394 g/mol. The van der Waals surface area contributed by atoms with E-state index in [9.17, 15) is 9.59 Å². The fourth-order valence-electron chi connectivity index (χ4n) is 3.93. The maximum absolute atomic E-state index is 12.7. The standard InChI is InChI=1S/C21H31N3O2S.ClH/c1-15-7-8-19(16(2)11-15)27-14-20(25)24-10-4-5-17(13-24)12-23-21(26)18-6-3-9-22-18;/h7-8,11,17-18,22H,3-6,9-10,12-14H2,1-2H3,(H,23,26);1H. The molecule has 1 aromatic carbocycles. The van der Waals surface area contributed by atoms with E-state index in [1.165, 1.54) is 16.0 Å². The highest BCUT2D eigenvalue weighted by Crippen LogP contribution is 2.24. The zero-order chi connectivity index (χ0) is 19.2. The lowest BCUT2D eigenvalue weighted by atomic mass is 9.98. The summed E-state index contributed by atoms with van der Waals surface area (Å²) in [6.07, 6.45) is 4.09. The first-order valence-electron chi connectivity index (χ1n) is 10.0. The molecule has 0 radical (unpaired) electrons. The molecule has 2 heterocycles. The molecule has 0 saturated carbocycles. The Kier molecular flexibility index (Phi) is 9.12. The van der Waals surface area contributed by atoms with Gasteiger partial charge in [0.05, 0.1) is 11.8 Å². The van der Waals surface area contributed by atoms with Gasteiger partial charge in [0.25, 0.3) is 0 Å². The van der Waals surface area contributed by atoms with Crippen LogP contribution in [0.25, 0.3) is 0 Å². The molecule has 5 nitrogen and oxygen atoms in total. The Morgan fingerprint density at radius 1 is 1.25 bits per heavy atom. The Bertz CT molecular complexity index is 680. The Morgan fingerprint density at radius 2 is 2.07 bits per heavy atom. The van der Waals surface area contributed by atoms with Gasteiger partial charge in [-0.1, -0.05) is 17.7 Å². The molecule has 28 heavy (non-hydrogen) atoms. The van der Waals surface area contributed by atoms with E-state index < -0.39 is 0 Å². The number of nitrogens with one attached hydrogen (secondary N) is 2. The molecule has 3 rings (SSSR count). The van der Waals surface area contributed by atoms with Gasteiger partial charge in [-0.15, -0.1) is 24.2 Å². The Hall–Kier alpha value is -1.24. The third kappa shape index (κ3) is 6.39. The maximum atomic E-state index is 12.7. The van der Waals surface area contributed by atoms with Crippen molar-refractivity contribution in [1.82, 2.24) is 15.5 Å². The van der Waals surface area contributed by atoms with Crippen LogP contribution in [0.1, 0.15) is 36.8 Å². The van der Waals surface area contributed by atoms with Crippen molar-refractivity contribution >= 4 is 36.0 Å². The number of thioether (sulfide) groups is 1. The molecule has 2 unspecified atom stereocenters. The van der Waals surface area contributed by atoms with E-state index in [1.807, 2.05) is 4.90 Å². The summed E-state index contributed by atoms with van der Waals surface area (Å²) in [5.41, 5.74) is 2.48. The molecule has 2 atom stereocenters. The van der Waals surface area contributed by atoms with Crippen LogP contribution >= 0.6 is 24.2 Å². The van der Waals surface area contributed by atoms with Gasteiger partial charge in [0.15, 0.2) is 0 Å². The monoisotopic (exact) mass is 425 g/mol. The van der Waals surface area contributed by atoms with Crippen molar-refractivity contribution in [3.63, 3.8) is 0 Å². The van der Waals surface area contributed by atoms with E-state index in [4.69, 9.17) is 0 Å². The van der Waals surface area contributed by atoms with Gasteiger partial charge in [0.2, 0.25) is 11.8 Å². The molecule has 7 heteroatoms. The second kappa shape index (κ2) is 11.1. The van der Waals surface area contributed by atoms with Crippen molar-refractivity contribution < 1.29 is 9.59 Å². The highest BCUT2D eigenvalue weighted by molar-refractivity contribution is 8.00. The van der Waals surface area contributed by atoms with Crippen molar-refractivity contribution in [1.29, 1.82) is 0 Å². The molecule has 0 bridgehead atoms. The summed E-state index contributed by atoms with van der Waals surface area (Å²) < 4.78 is 0. The van der Waals surface area contributed by atoms with Crippen LogP contribution in [0.2, 0.25) is 0 Å². The lowest BCUT2D eigenvalue weighted by molar-refractivity contribution is -0.130. The van der Waals surface area contributed by atoms with Crippen LogP contribution in [0.15, 0.2) is 23.1 Å². The molecule has 2 saturated heterocycles. The van der Waals surface area contributed by atoms with Crippen LogP contribution in [-0.2, 0) is 9.59 Å². The maximum Gasteiger partial charge on any atom is 0.237 e. The van der Waals surface area contributed by atoms with E-state index in [0.29, 0.717) is 18.2 Å². The third-order valence-corrected chi connectivity index (χ3v) is 6.66. The molecule has 0 aliphatic carbocycles. The Labute approximate surface area is 178 Å². The SMILES string of the molecule is Cc1ccc(SCC(=O)N2CCCC(CNC(=O)C3CCCN3)C2)c(C)c1.Cl. The summed E-state index contributed by atoms with van der Waals surface area (Å²) in [4.78, 5) is 28.0. The molecule has 0 aromatic heterocycles. The Morgan fingerprint density at radius 3 is 2.79 bits per heavy atom. The first-order chi connectivity index (χ1) is 13.0. The lowest BCUT2D eigenvalue weighted by Gasteiger charge is -2.33. The van der Waals surface area contributed by atoms with Gasteiger partial charge in [-0.2, -0.15) is 0 Å². The van der Waals surface area contributed by atoms with E-state index in [2.05, 4.69) is 42.7 Å². The van der Waals surface area contributed by atoms with Gasteiger partial charge in [0.1, 0.15) is 0 Å². The number of nitrogens with zero attached hydrogens (tertiary/aromatic N) is 1. The smallest absolute Gasteiger partial charge is 0.237 e. The average molecular weight is 426 g/mol. The minimum atomic E-state index is -0.0273. The summed E-state index contributed by atoms with van der Waals surface area (Å²) in [7, 11) is 0. The minimum Gasteiger partial charge on any atom is -0.354 e. The van der Waals surface area contributed by atoms with Crippen molar-refractivity contribution in [3.8, 4) is 0 Å². The molecule has 2 aliphatic heterocycles. The van der Waals surface area contributed by atoms with Crippen LogP contribution in [0.4, 0.5) is 0 Å². The average Bonchev–Trinajstić information content (AvgIpc) is 3.20. The number of hydrogen-bond donors (Lipinski definition) is 2. The van der Waals surface area contributed by atoms with Gasteiger partial charge in [-0.3, -0.25) is 9.59 Å². The van der Waals surface area contributed by atoms with E-state index in [0.717, 1.165) is 45.3 Å². The van der Waals surface area contributed by atoms with Gasteiger partial charge in [-0.25, -0.2) is 0 Å². The summed E-state index contributed by atoms with van der Waals surface area (Å²) in [6.45, 7) is 7.37. The van der Waals surface area contributed by atoms with Crippen LogP contribution in [0.3, 0.4) is 0 Å². The number of halogens is 1. The number of carbonyl (C=O) groups is 2. The molecule has 1 aromatic rings. The molecule has 2 amide bonds. The first-order valence-corrected chi connectivity index (χ1v) is 11.0. The normalized spacial score (nSPS) is 21.9. The van der Waals surface area contributed by atoms with Gasteiger partial charge >= 0.3 is 0 Å². The zero-order valence-electron chi connectivity index (χ0n) is 16.8. The van der Waals surface area contributed by atoms with Crippen LogP contribution in [0, 0.1) is 19.8 Å². The highest BCUT2D eigenvalue weighted by atomic mass is 35.5. The fourth-order valence-corrected chi connectivity index (χ4v) is 4.84. The summed E-state index contributed by atoms with van der Waals surface area (Å²) >= 11 is 1.62. The topological polar surface area (TPSA) is 61.4 Å². The third-order valence-electron chi connectivity index (χ3n) is 5.50. The lowest BCUT2D eigenvalue weighted by Crippen LogP contribution is -2.47. The fraction of sp³-hybridized carbons (Fsp3) is 0.619. The molecule has 2 fully saturated rings. The molecule has 0 spiro atoms. The van der Waals surface area contributed by atoms with Crippen molar-refractivity contribution in [2.24, 2.45) is 5.92 Å². The van der Waals surface area contributed by atoms with E-state index in [-0.39, 0.29) is 30.3 Å². The van der Waals surface area contributed by atoms with Gasteiger partial charge < -0.3 is 15.5 Å². The van der Waals surface area contributed by atoms with Gasteiger partial charge in [-0.05, 0) is 63.6 Å². The van der Waals surface area contributed by atoms with Crippen LogP contribution in [-0.4, -0.2) is 54.7 Å². The number of piperidine rings is 1. The summed E-state index contributed by atoms with van der Waals surface area (Å²) in [6, 6.07) is 6.33. The van der Waals surface area contributed by atoms with Crippen LogP contribution < -0.4 is 10.6 Å². The second-order valence-electron chi connectivity index (χ2n) is 7.80. The molecular formula is C21H32ClN3O2S. The minimum absolute atomic E-state index is 0. The summed E-state index contributed by atoms with van der Waals surface area (Å²) in [5, 5.41) is 6.31. The number of carbonyl (C=O) groups excluding carboxylic acids is 2. The second-order valence-corrected chi connectivity index (χ2v) is 8.82. The largest absolute Gasteiger partial charge is 0.354 e. The highest BCUT2D eigenvalue weighted by Gasteiger charge is 2.26. The van der Waals surface area contributed by atoms with Crippen molar-refractivity contribution in [2.75, 3.05) is 31.9 Å². The van der Waals surface area contributed by atoms with Crippen LogP contribution in [0.5, 0.6) is 0 Å². The van der Waals surface area contributed by atoms with Gasteiger partial charge in [0, 0.05) is 24.5 Å². The number of aryl methyl sites for hydroxylation is 2. The van der Waals surface area contributed by atoms with Crippen molar-refractivity contribution in [3.05, 3.63) is 29.3 Å². The number of benzene rings is 1. The molecule has 2 N–H and O–H groups in total. The zero-order valence-corrected chi connectivity index (χ0v) is 18.5. The molecule has 156 valence electrons. The van der Waals surface area contributed by atoms with Crippen molar-refractivity contribution in [2.45, 2.75) is 50.5 Å². The predicted octanol–water partition coefficient (Wildman–Crippen LogP) is 2.92. The van der Waals surface area contributed by atoms with E-state index >= 15 is 0 Å². The predicted molar refractivity (Wildman–Crippen MR) is 117 cm³/mol.